The van der Waals surface area contributed by atoms with Crippen molar-refractivity contribution in [3.63, 3.8) is 0 Å². The third-order valence-corrected chi connectivity index (χ3v) is 2.29. The summed E-state index contributed by atoms with van der Waals surface area (Å²) in [6.07, 6.45) is 0.166. The summed E-state index contributed by atoms with van der Waals surface area (Å²) in [5.74, 6) is -0.598. The molecule has 1 aromatic rings. The molecule has 0 spiro atoms. The van der Waals surface area contributed by atoms with E-state index in [-0.39, 0.29) is 18.1 Å². The predicted molar refractivity (Wildman–Crippen MR) is 57.6 cm³/mol. The normalized spacial score (nSPS) is 10.1. The first-order valence-corrected chi connectivity index (χ1v) is 5.27. The van der Waals surface area contributed by atoms with Crippen LogP contribution in [0.5, 0.6) is 0 Å². The number of hydroxylamine groups is 1. The molecule has 0 saturated heterocycles. The molecular weight excluding hydrogens is 265 g/mol. The van der Waals surface area contributed by atoms with Gasteiger partial charge in [0, 0.05) is 0 Å². The molecule has 0 bridgehead atoms. The van der Waals surface area contributed by atoms with E-state index in [2.05, 4.69) is 21.4 Å². The topological polar surface area (TPSA) is 38.3 Å². The van der Waals surface area contributed by atoms with Gasteiger partial charge in [0.05, 0.1) is 17.5 Å². The van der Waals surface area contributed by atoms with Crippen molar-refractivity contribution >= 4 is 21.8 Å². The van der Waals surface area contributed by atoms with Crippen LogP contribution in [0.25, 0.3) is 0 Å². The van der Waals surface area contributed by atoms with Crippen LogP contribution < -0.4 is 5.48 Å². The molecule has 0 aliphatic carbocycles. The van der Waals surface area contributed by atoms with E-state index in [1.165, 1.54) is 6.07 Å². The lowest BCUT2D eigenvalue weighted by Crippen LogP contribution is -2.25. The number of rotatable bonds is 4. The summed E-state index contributed by atoms with van der Waals surface area (Å²) in [4.78, 5) is 16.0. The van der Waals surface area contributed by atoms with Gasteiger partial charge in [0.25, 0.3) is 0 Å². The summed E-state index contributed by atoms with van der Waals surface area (Å²) in [5.41, 5.74) is 2.99. The highest BCUT2D eigenvalue weighted by molar-refractivity contribution is 9.10. The third-order valence-electron chi connectivity index (χ3n) is 1.68. The summed E-state index contributed by atoms with van der Waals surface area (Å²) in [7, 11) is 0. The van der Waals surface area contributed by atoms with Gasteiger partial charge < -0.3 is 0 Å². The van der Waals surface area contributed by atoms with Crippen LogP contribution in [0.4, 0.5) is 4.39 Å². The van der Waals surface area contributed by atoms with Crippen LogP contribution in [0.1, 0.15) is 12.5 Å². The molecule has 0 aromatic heterocycles. The van der Waals surface area contributed by atoms with Crippen LogP contribution >= 0.6 is 15.9 Å². The van der Waals surface area contributed by atoms with Gasteiger partial charge in [-0.15, -0.1) is 0 Å². The van der Waals surface area contributed by atoms with Crippen molar-refractivity contribution in [2.24, 2.45) is 0 Å². The molecule has 82 valence electrons. The summed E-state index contributed by atoms with van der Waals surface area (Å²) in [5, 5.41) is 0. The van der Waals surface area contributed by atoms with Crippen molar-refractivity contribution in [2.45, 2.75) is 13.3 Å². The predicted octanol–water partition coefficient (Wildman–Crippen LogP) is 2.20. The Bertz CT molecular complexity index is 357. The second-order valence-electron chi connectivity index (χ2n) is 2.88. The van der Waals surface area contributed by atoms with E-state index < -0.39 is 0 Å². The lowest BCUT2D eigenvalue weighted by molar-refractivity contribution is -0.132. The van der Waals surface area contributed by atoms with Gasteiger partial charge in [-0.1, -0.05) is 6.07 Å². The van der Waals surface area contributed by atoms with Gasteiger partial charge in [-0.25, -0.2) is 9.87 Å². The van der Waals surface area contributed by atoms with Crippen molar-refractivity contribution in [2.75, 3.05) is 6.61 Å². The van der Waals surface area contributed by atoms with Crippen molar-refractivity contribution in [3.8, 4) is 0 Å². The first-order chi connectivity index (χ1) is 7.13. The smallest absolute Gasteiger partial charge is 0.247 e. The summed E-state index contributed by atoms with van der Waals surface area (Å²) >= 11 is 3.05. The van der Waals surface area contributed by atoms with Crippen LogP contribution in [-0.4, -0.2) is 12.5 Å². The van der Waals surface area contributed by atoms with Crippen LogP contribution in [0.2, 0.25) is 0 Å². The van der Waals surface area contributed by atoms with Gasteiger partial charge in [-0.05, 0) is 40.5 Å². The molecule has 0 radical (unpaired) electrons. The van der Waals surface area contributed by atoms with Crippen molar-refractivity contribution in [1.82, 2.24) is 5.48 Å². The number of benzene rings is 1. The number of halogens is 2. The SMILES string of the molecule is CCONC(=O)Cc1ccc(F)c(Br)c1. The van der Waals surface area contributed by atoms with Gasteiger partial charge in [-0.3, -0.25) is 9.63 Å². The van der Waals surface area contributed by atoms with Gasteiger partial charge in [0.1, 0.15) is 5.82 Å². The Morgan fingerprint density at radius 3 is 2.93 bits per heavy atom. The minimum atomic E-state index is -0.344. The Kier molecular flexibility index (Phi) is 4.71. The van der Waals surface area contributed by atoms with Crippen LogP contribution in [0.3, 0.4) is 0 Å². The van der Waals surface area contributed by atoms with Gasteiger partial charge in [0.15, 0.2) is 0 Å². The first kappa shape index (κ1) is 12.1. The standard InChI is InChI=1S/C10H11BrFNO2/c1-2-15-13-10(14)6-7-3-4-9(12)8(11)5-7/h3-5H,2,6H2,1H3,(H,13,14). The van der Waals surface area contributed by atoms with Crippen molar-refractivity contribution in [1.29, 1.82) is 0 Å². The second-order valence-corrected chi connectivity index (χ2v) is 3.74. The monoisotopic (exact) mass is 275 g/mol. The molecule has 1 amide bonds. The molecule has 0 unspecified atom stereocenters. The quantitative estimate of drug-likeness (QED) is 0.856. The molecule has 1 N–H and O–H groups in total. The molecule has 0 fully saturated rings. The summed E-state index contributed by atoms with van der Waals surface area (Å²) < 4.78 is 13.2. The van der Waals surface area contributed by atoms with Crippen LogP contribution in [0.15, 0.2) is 22.7 Å². The zero-order valence-electron chi connectivity index (χ0n) is 8.22. The highest BCUT2D eigenvalue weighted by Gasteiger charge is 2.05. The maximum Gasteiger partial charge on any atom is 0.247 e. The average Bonchev–Trinajstić information content (AvgIpc) is 2.20. The lowest BCUT2D eigenvalue weighted by atomic mass is 10.1. The third kappa shape index (κ3) is 3.97. The molecule has 1 rings (SSSR count). The molecule has 0 heterocycles. The van der Waals surface area contributed by atoms with Crippen LogP contribution in [0, 0.1) is 5.82 Å². The fourth-order valence-electron chi connectivity index (χ4n) is 1.02. The fraction of sp³-hybridized carbons (Fsp3) is 0.300. The van der Waals surface area contributed by atoms with Gasteiger partial charge >= 0.3 is 0 Å². The van der Waals surface area contributed by atoms with E-state index in [1.807, 2.05) is 0 Å². The van der Waals surface area contributed by atoms with Crippen molar-refractivity contribution < 1.29 is 14.0 Å². The maximum atomic E-state index is 12.9. The minimum Gasteiger partial charge on any atom is -0.274 e. The Balaban J connectivity index is 2.57. The molecule has 0 saturated carbocycles. The Morgan fingerprint density at radius 2 is 2.33 bits per heavy atom. The fourth-order valence-corrected chi connectivity index (χ4v) is 1.45. The molecule has 5 heteroatoms. The molecule has 15 heavy (non-hydrogen) atoms. The van der Waals surface area contributed by atoms with E-state index in [0.717, 1.165) is 5.56 Å². The van der Waals surface area contributed by atoms with E-state index in [0.29, 0.717) is 11.1 Å². The van der Waals surface area contributed by atoms with Gasteiger partial charge in [-0.2, -0.15) is 0 Å². The molecule has 0 aliphatic heterocycles. The zero-order chi connectivity index (χ0) is 11.3. The largest absolute Gasteiger partial charge is 0.274 e. The van der Waals surface area contributed by atoms with Crippen molar-refractivity contribution in [3.05, 3.63) is 34.1 Å². The second kappa shape index (κ2) is 5.82. The van der Waals surface area contributed by atoms with E-state index in [4.69, 9.17) is 4.84 Å². The number of carbonyl (C=O) groups excluding carboxylic acids is 1. The Morgan fingerprint density at radius 1 is 1.60 bits per heavy atom. The zero-order valence-corrected chi connectivity index (χ0v) is 9.80. The summed E-state index contributed by atoms with van der Waals surface area (Å²) in [6, 6.07) is 4.44. The number of carbonyl (C=O) groups is 1. The number of hydrogen-bond acceptors (Lipinski definition) is 2. The highest BCUT2D eigenvalue weighted by atomic mass is 79.9. The maximum absolute atomic E-state index is 12.9. The molecular formula is C10H11BrFNO2. The average molecular weight is 276 g/mol. The lowest BCUT2D eigenvalue weighted by Gasteiger charge is -2.04. The molecule has 1 aromatic carbocycles. The first-order valence-electron chi connectivity index (χ1n) is 4.48. The number of hydrogen-bond donors (Lipinski definition) is 1. The summed E-state index contributed by atoms with van der Waals surface area (Å²) in [6.45, 7) is 2.19. The Labute approximate surface area is 95.7 Å². The highest BCUT2D eigenvalue weighted by Crippen LogP contribution is 2.16. The Hall–Kier alpha value is -0.940. The van der Waals surface area contributed by atoms with Gasteiger partial charge in [0.2, 0.25) is 5.91 Å². The van der Waals surface area contributed by atoms with E-state index in [9.17, 15) is 9.18 Å². The molecule has 0 aliphatic rings. The number of amides is 1. The van der Waals surface area contributed by atoms with Crippen LogP contribution in [-0.2, 0) is 16.1 Å². The van der Waals surface area contributed by atoms with E-state index in [1.54, 1.807) is 19.1 Å². The minimum absolute atomic E-state index is 0.166. The molecule has 0 atom stereocenters. The molecule has 3 nitrogen and oxygen atoms in total. The number of nitrogens with one attached hydrogen (secondary N) is 1. The van der Waals surface area contributed by atoms with E-state index >= 15 is 0 Å².